The topological polar surface area (TPSA) is 59.6 Å². The van der Waals surface area contributed by atoms with Crippen LogP contribution in [0.2, 0.25) is 0 Å². The number of halogens is 2. The van der Waals surface area contributed by atoms with Gasteiger partial charge in [-0.1, -0.05) is 32.3 Å². The second-order valence-corrected chi connectivity index (χ2v) is 5.51. The number of benzene rings is 1. The first-order valence-corrected chi connectivity index (χ1v) is 7.83. The Bertz CT molecular complexity index is 441. The van der Waals surface area contributed by atoms with Gasteiger partial charge in [0.15, 0.2) is 5.96 Å². The van der Waals surface area contributed by atoms with Crippen molar-refractivity contribution in [1.82, 2.24) is 5.32 Å². The van der Waals surface area contributed by atoms with Gasteiger partial charge in [-0.25, -0.2) is 4.99 Å². The molecule has 120 valence electrons. The smallest absolute Gasteiger partial charge is 0.188 e. The molecule has 0 aliphatic rings. The van der Waals surface area contributed by atoms with E-state index in [2.05, 4.69) is 33.2 Å². The molecule has 3 N–H and O–H groups in total. The number of nitrogens with one attached hydrogen (secondary N) is 1. The minimum atomic E-state index is 0. The van der Waals surface area contributed by atoms with E-state index < -0.39 is 0 Å². The second-order valence-electron chi connectivity index (χ2n) is 4.66. The van der Waals surface area contributed by atoms with Gasteiger partial charge in [0.1, 0.15) is 5.75 Å². The van der Waals surface area contributed by atoms with Gasteiger partial charge in [0.25, 0.3) is 0 Å². The summed E-state index contributed by atoms with van der Waals surface area (Å²) < 4.78 is 6.12. The average Bonchev–Trinajstić information content (AvgIpc) is 2.45. The Hall–Kier alpha value is -0.500. The molecular formula is C15H25BrIN3O. The molecule has 0 fully saturated rings. The van der Waals surface area contributed by atoms with Crippen LogP contribution in [0.1, 0.15) is 38.2 Å². The molecule has 0 radical (unpaired) electrons. The number of nitrogens with zero attached hydrogens (tertiary/aromatic N) is 1. The van der Waals surface area contributed by atoms with Crippen molar-refractivity contribution in [3.63, 3.8) is 0 Å². The number of hydrogen-bond donors (Lipinski definition) is 2. The van der Waals surface area contributed by atoms with Crippen LogP contribution < -0.4 is 15.8 Å². The molecule has 0 aliphatic heterocycles. The Labute approximate surface area is 153 Å². The van der Waals surface area contributed by atoms with Gasteiger partial charge in [-0.05, 0) is 40.0 Å². The fourth-order valence-corrected chi connectivity index (χ4v) is 2.40. The number of unbranched alkanes of at least 4 members (excludes halogenated alkanes) is 3. The third kappa shape index (κ3) is 8.50. The van der Waals surface area contributed by atoms with Crippen molar-refractivity contribution in [2.24, 2.45) is 10.7 Å². The summed E-state index contributed by atoms with van der Waals surface area (Å²) in [6, 6.07) is 5.90. The Balaban J connectivity index is 0.00000400. The zero-order valence-corrected chi connectivity index (χ0v) is 16.6. The fourth-order valence-electron chi connectivity index (χ4n) is 1.81. The summed E-state index contributed by atoms with van der Waals surface area (Å²) in [4.78, 5) is 4.33. The summed E-state index contributed by atoms with van der Waals surface area (Å²) in [5, 5.41) is 3.14. The van der Waals surface area contributed by atoms with Gasteiger partial charge in [-0.15, -0.1) is 24.0 Å². The van der Waals surface area contributed by atoms with Crippen molar-refractivity contribution < 1.29 is 4.74 Å². The summed E-state index contributed by atoms with van der Waals surface area (Å²) in [5.74, 6) is 1.33. The van der Waals surface area contributed by atoms with Crippen LogP contribution in [0.15, 0.2) is 27.7 Å². The maximum Gasteiger partial charge on any atom is 0.188 e. The monoisotopic (exact) mass is 469 g/mol. The Kier molecular flexibility index (Phi) is 11.8. The van der Waals surface area contributed by atoms with Crippen LogP contribution in [0.25, 0.3) is 0 Å². The molecule has 0 spiro atoms. The zero-order chi connectivity index (χ0) is 14.8. The first-order valence-electron chi connectivity index (χ1n) is 7.03. The van der Waals surface area contributed by atoms with Crippen LogP contribution in [-0.4, -0.2) is 19.6 Å². The number of guanidine groups is 1. The lowest BCUT2D eigenvalue weighted by atomic mass is 10.2. The molecule has 0 aliphatic carbocycles. The summed E-state index contributed by atoms with van der Waals surface area (Å²) in [5.41, 5.74) is 6.92. The highest BCUT2D eigenvalue weighted by Crippen LogP contribution is 2.25. The SMILES string of the molecule is CCCCCCNC(N)=NCc1ccc(OC)c(Br)c1.I. The number of aliphatic imine (C=N–C) groups is 1. The predicted molar refractivity (Wildman–Crippen MR) is 104 cm³/mol. The quantitative estimate of drug-likeness (QED) is 0.261. The standard InChI is InChI=1S/C15H24BrN3O.HI/c1-3-4-5-6-9-18-15(17)19-11-12-7-8-14(20-2)13(16)10-12;/h7-8,10H,3-6,9,11H2,1-2H3,(H3,17,18,19);1H. The second kappa shape index (κ2) is 12.1. The van der Waals surface area contributed by atoms with E-state index in [1.165, 1.54) is 19.3 Å². The Morgan fingerprint density at radius 3 is 2.71 bits per heavy atom. The van der Waals surface area contributed by atoms with E-state index in [0.29, 0.717) is 12.5 Å². The number of hydrogen-bond acceptors (Lipinski definition) is 2. The van der Waals surface area contributed by atoms with E-state index in [1.54, 1.807) is 7.11 Å². The highest BCUT2D eigenvalue weighted by Gasteiger charge is 2.01. The van der Waals surface area contributed by atoms with Gasteiger partial charge < -0.3 is 15.8 Å². The van der Waals surface area contributed by atoms with Crippen LogP contribution in [-0.2, 0) is 6.54 Å². The highest BCUT2D eigenvalue weighted by atomic mass is 127. The van der Waals surface area contributed by atoms with Crippen molar-refractivity contribution in [1.29, 1.82) is 0 Å². The van der Waals surface area contributed by atoms with E-state index in [1.807, 2.05) is 18.2 Å². The maximum atomic E-state index is 5.83. The van der Waals surface area contributed by atoms with Crippen molar-refractivity contribution in [3.05, 3.63) is 28.2 Å². The molecule has 0 amide bonds. The Morgan fingerprint density at radius 1 is 1.33 bits per heavy atom. The number of methoxy groups -OCH3 is 1. The molecule has 0 saturated carbocycles. The lowest BCUT2D eigenvalue weighted by Gasteiger charge is -2.07. The normalized spacial score (nSPS) is 10.9. The molecule has 21 heavy (non-hydrogen) atoms. The predicted octanol–water partition coefficient (Wildman–Crippen LogP) is 4.06. The molecule has 1 aromatic carbocycles. The van der Waals surface area contributed by atoms with E-state index in [-0.39, 0.29) is 24.0 Å². The zero-order valence-electron chi connectivity index (χ0n) is 12.7. The van der Waals surface area contributed by atoms with Crippen LogP contribution >= 0.6 is 39.9 Å². The van der Waals surface area contributed by atoms with Gasteiger partial charge in [0, 0.05) is 6.54 Å². The fraction of sp³-hybridized carbons (Fsp3) is 0.533. The molecule has 0 aromatic heterocycles. The summed E-state index contributed by atoms with van der Waals surface area (Å²) in [7, 11) is 1.65. The molecule has 1 aromatic rings. The first kappa shape index (κ1) is 20.5. The molecule has 6 heteroatoms. The van der Waals surface area contributed by atoms with Crippen molar-refractivity contribution in [2.45, 2.75) is 39.2 Å². The van der Waals surface area contributed by atoms with Gasteiger partial charge in [0.05, 0.1) is 18.1 Å². The highest BCUT2D eigenvalue weighted by molar-refractivity contribution is 14.0. The largest absolute Gasteiger partial charge is 0.496 e. The van der Waals surface area contributed by atoms with Crippen molar-refractivity contribution in [2.75, 3.05) is 13.7 Å². The molecule has 0 saturated heterocycles. The van der Waals surface area contributed by atoms with E-state index in [0.717, 1.165) is 28.8 Å². The first-order chi connectivity index (χ1) is 9.67. The van der Waals surface area contributed by atoms with Crippen LogP contribution in [0.4, 0.5) is 0 Å². The van der Waals surface area contributed by atoms with Gasteiger partial charge in [-0.3, -0.25) is 0 Å². The molecule has 1 rings (SSSR count). The van der Waals surface area contributed by atoms with E-state index in [4.69, 9.17) is 10.5 Å². The van der Waals surface area contributed by atoms with E-state index in [9.17, 15) is 0 Å². The molecule has 0 bridgehead atoms. The molecule has 4 nitrogen and oxygen atoms in total. The third-order valence-electron chi connectivity index (χ3n) is 2.98. The molecule has 0 heterocycles. The number of ether oxygens (including phenoxy) is 1. The van der Waals surface area contributed by atoms with Crippen LogP contribution in [0.5, 0.6) is 5.75 Å². The molecule has 0 atom stereocenters. The Morgan fingerprint density at radius 2 is 2.10 bits per heavy atom. The number of rotatable bonds is 8. The summed E-state index contributed by atoms with van der Waals surface area (Å²) in [6.07, 6.45) is 4.90. The van der Waals surface area contributed by atoms with Gasteiger partial charge in [-0.2, -0.15) is 0 Å². The summed E-state index contributed by atoms with van der Waals surface area (Å²) >= 11 is 3.46. The van der Waals surface area contributed by atoms with Crippen molar-refractivity contribution in [3.8, 4) is 5.75 Å². The third-order valence-corrected chi connectivity index (χ3v) is 3.60. The molecule has 0 unspecified atom stereocenters. The van der Waals surface area contributed by atoms with Crippen LogP contribution in [0, 0.1) is 0 Å². The van der Waals surface area contributed by atoms with Gasteiger partial charge in [0.2, 0.25) is 0 Å². The lowest BCUT2D eigenvalue weighted by molar-refractivity contribution is 0.412. The minimum absolute atomic E-state index is 0. The average molecular weight is 470 g/mol. The van der Waals surface area contributed by atoms with Crippen LogP contribution in [0.3, 0.4) is 0 Å². The minimum Gasteiger partial charge on any atom is -0.496 e. The van der Waals surface area contributed by atoms with Crippen molar-refractivity contribution >= 4 is 45.9 Å². The lowest BCUT2D eigenvalue weighted by Crippen LogP contribution is -2.32. The number of nitrogens with two attached hydrogens (primary N) is 1. The summed E-state index contributed by atoms with van der Waals surface area (Å²) in [6.45, 7) is 3.66. The van der Waals surface area contributed by atoms with Gasteiger partial charge >= 0.3 is 0 Å². The maximum absolute atomic E-state index is 5.83. The molecular weight excluding hydrogens is 445 g/mol. The van der Waals surface area contributed by atoms with E-state index >= 15 is 0 Å².